The quantitative estimate of drug-likeness (QED) is 0.603. The number of aromatic nitrogens is 4. The summed E-state index contributed by atoms with van der Waals surface area (Å²) < 4.78 is 7.03. The summed E-state index contributed by atoms with van der Waals surface area (Å²) in [7, 11) is 0. The van der Waals surface area contributed by atoms with Crippen LogP contribution in [0.25, 0.3) is 5.69 Å². The number of hydrogen-bond donors (Lipinski definition) is 1. The van der Waals surface area contributed by atoms with Crippen LogP contribution in [0.2, 0.25) is 5.02 Å². The van der Waals surface area contributed by atoms with Gasteiger partial charge in [-0.15, -0.1) is 5.10 Å². The standard InChI is InChI=1S/C18H18ClN5O2S/c1-3-26-16-9-7-15(8-10-16)24-18(21-22-23-24)27-12(2)17(25)20-14-6-4-5-13(19)11-14/h4-12H,3H2,1-2H3,(H,20,25)/t12-/m0/s1. The van der Waals surface area contributed by atoms with Crippen molar-refractivity contribution in [2.45, 2.75) is 24.3 Å². The average Bonchev–Trinajstić information content (AvgIpc) is 3.10. The maximum atomic E-state index is 12.4. The van der Waals surface area contributed by atoms with E-state index in [0.717, 1.165) is 11.4 Å². The second-order valence-electron chi connectivity index (χ2n) is 5.56. The summed E-state index contributed by atoms with van der Waals surface area (Å²) >= 11 is 7.22. The Bertz CT molecular complexity index is 916. The van der Waals surface area contributed by atoms with Crippen molar-refractivity contribution in [3.8, 4) is 11.4 Å². The van der Waals surface area contributed by atoms with Crippen LogP contribution in [0.3, 0.4) is 0 Å². The van der Waals surface area contributed by atoms with Gasteiger partial charge in [0.15, 0.2) is 0 Å². The van der Waals surface area contributed by atoms with Crippen LogP contribution in [-0.4, -0.2) is 38.0 Å². The highest BCUT2D eigenvalue weighted by Crippen LogP contribution is 2.25. The SMILES string of the molecule is CCOc1ccc(-n2nnnc2S[C@@H](C)C(=O)Nc2cccc(Cl)c2)cc1. The second kappa shape index (κ2) is 8.88. The molecule has 27 heavy (non-hydrogen) atoms. The number of thioether (sulfide) groups is 1. The number of rotatable bonds is 7. The van der Waals surface area contributed by atoms with Gasteiger partial charge in [0.05, 0.1) is 17.5 Å². The highest BCUT2D eigenvalue weighted by atomic mass is 35.5. The molecule has 0 fully saturated rings. The number of benzene rings is 2. The summed E-state index contributed by atoms with van der Waals surface area (Å²) in [6.07, 6.45) is 0. The Hall–Kier alpha value is -2.58. The molecule has 1 amide bonds. The number of carbonyl (C=O) groups excluding carboxylic acids is 1. The van der Waals surface area contributed by atoms with Crippen LogP contribution in [0, 0.1) is 0 Å². The maximum Gasteiger partial charge on any atom is 0.237 e. The van der Waals surface area contributed by atoms with Gasteiger partial charge in [-0.25, -0.2) is 0 Å². The lowest BCUT2D eigenvalue weighted by Crippen LogP contribution is -2.22. The van der Waals surface area contributed by atoms with Crippen LogP contribution in [0.5, 0.6) is 5.75 Å². The third kappa shape index (κ3) is 4.99. The highest BCUT2D eigenvalue weighted by molar-refractivity contribution is 8.00. The van der Waals surface area contributed by atoms with E-state index in [0.29, 0.717) is 22.5 Å². The normalized spacial score (nSPS) is 11.8. The first kappa shape index (κ1) is 19.2. The van der Waals surface area contributed by atoms with Crippen molar-refractivity contribution in [2.24, 2.45) is 0 Å². The van der Waals surface area contributed by atoms with E-state index < -0.39 is 5.25 Å². The number of anilines is 1. The first-order valence-corrected chi connectivity index (χ1v) is 9.57. The molecule has 140 valence electrons. The van der Waals surface area contributed by atoms with Gasteiger partial charge in [-0.05, 0) is 66.7 Å². The molecule has 0 radical (unpaired) electrons. The van der Waals surface area contributed by atoms with E-state index >= 15 is 0 Å². The van der Waals surface area contributed by atoms with Crippen LogP contribution >= 0.6 is 23.4 Å². The van der Waals surface area contributed by atoms with E-state index in [1.54, 1.807) is 35.9 Å². The molecule has 1 aromatic heterocycles. The molecule has 0 aliphatic rings. The van der Waals surface area contributed by atoms with Crippen LogP contribution in [0.4, 0.5) is 5.69 Å². The van der Waals surface area contributed by atoms with E-state index in [-0.39, 0.29) is 5.91 Å². The van der Waals surface area contributed by atoms with Gasteiger partial charge in [0.25, 0.3) is 0 Å². The first-order valence-electron chi connectivity index (χ1n) is 8.31. The molecule has 0 spiro atoms. The topological polar surface area (TPSA) is 81.9 Å². The summed E-state index contributed by atoms with van der Waals surface area (Å²) in [4.78, 5) is 12.4. The molecule has 0 aliphatic heterocycles. The Balaban J connectivity index is 1.69. The number of nitrogens with zero attached hydrogens (tertiary/aromatic N) is 4. The van der Waals surface area contributed by atoms with Gasteiger partial charge >= 0.3 is 0 Å². The van der Waals surface area contributed by atoms with Crippen molar-refractivity contribution in [1.29, 1.82) is 0 Å². The molecule has 9 heteroatoms. The lowest BCUT2D eigenvalue weighted by Gasteiger charge is -2.12. The molecule has 1 atom stereocenters. The van der Waals surface area contributed by atoms with Gasteiger partial charge < -0.3 is 10.1 Å². The Morgan fingerprint density at radius 1 is 1.30 bits per heavy atom. The zero-order valence-corrected chi connectivity index (χ0v) is 16.4. The summed E-state index contributed by atoms with van der Waals surface area (Å²) in [5.74, 6) is 0.612. The zero-order valence-electron chi connectivity index (χ0n) is 14.8. The third-order valence-electron chi connectivity index (χ3n) is 3.58. The smallest absolute Gasteiger partial charge is 0.237 e. The Labute approximate surface area is 166 Å². The summed E-state index contributed by atoms with van der Waals surface area (Å²) in [5, 5.41) is 15.3. The minimum atomic E-state index is -0.406. The minimum absolute atomic E-state index is 0.163. The van der Waals surface area contributed by atoms with Crippen LogP contribution in [-0.2, 0) is 4.79 Å². The highest BCUT2D eigenvalue weighted by Gasteiger charge is 2.19. The van der Waals surface area contributed by atoms with Crippen molar-refractivity contribution >= 4 is 35.0 Å². The van der Waals surface area contributed by atoms with E-state index in [9.17, 15) is 4.79 Å². The summed E-state index contributed by atoms with van der Waals surface area (Å²) in [6, 6.07) is 14.4. The molecule has 0 saturated carbocycles. The Kier molecular flexibility index (Phi) is 6.31. The lowest BCUT2D eigenvalue weighted by atomic mass is 10.3. The van der Waals surface area contributed by atoms with Crippen molar-refractivity contribution in [2.75, 3.05) is 11.9 Å². The fourth-order valence-corrected chi connectivity index (χ4v) is 3.28. The average molecular weight is 404 g/mol. The van der Waals surface area contributed by atoms with Gasteiger partial charge in [0.1, 0.15) is 5.75 Å². The molecule has 1 N–H and O–H groups in total. The molecule has 0 aliphatic carbocycles. The summed E-state index contributed by atoms with van der Waals surface area (Å²) in [5.41, 5.74) is 1.43. The van der Waals surface area contributed by atoms with Gasteiger partial charge in [0.2, 0.25) is 11.1 Å². The minimum Gasteiger partial charge on any atom is -0.494 e. The van der Waals surface area contributed by atoms with E-state index in [1.165, 1.54) is 11.8 Å². The fraction of sp³-hybridized carbons (Fsp3) is 0.222. The van der Waals surface area contributed by atoms with Crippen molar-refractivity contribution in [1.82, 2.24) is 20.2 Å². The molecule has 0 saturated heterocycles. The van der Waals surface area contributed by atoms with Crippen molar-refractivity contribution < 1.29 is 9.53 Å². The molecule has 3 rings (SSSR count). The molecule has 1 heterocycles. The number of nitrogens with one attached hydrogen (secondary N) is 1. The predicted molar refractivity (Wildman–Crippen MR) is 106 cm³/mol. The summed E-state index contributed by atoms with van der Waals surface area (Å²) in [6.45, 7) is 4.33. The molecular weight excluding hydrogens is 386 g/mol. The first-order chi connectivity index (χ1) is 13.1. The lowest BCUT2D eigenvalue weighted by molar-refractivity contribution is -0.115. The van der Waals surface area contributed by atoms with Crippen LogP contribution in [0.15, 0.2) is 53.7 Å². The predicted octanol–water partition coefficient (Wildman–Crippen LogP) is 3.83. The Morgan fingerprint density at radius 2 is 2.07 bits per heavy atom. The maximum absolute atomic E-state index is 12.4. The number of carbonyl (C=O) groups is 1. The molecular formula is C18H18ClN5O2S. The van der Waals surface area contributed by atoms with Gasteiger partial charge in [-0.2, -0.15) is 4.68 Å². The molecule has 7 nitrogen and oxygen atoms in total. The van der Waals surface area contributed by atoms with E-state index in [4.69, 9.17) is 16.3 Å². The number of halogens is 1. The fourth-order valence-electron chi connectivity index (χ4n) is 2.29. The number of amides is 1. The largest absolute Gasteiger partial charge is 0.494 e. The molecule has 0 unspecified atom stereocenters. The van der Waals surface area contributed by atoms with Gasteiger partial charge in [-0.1, -0.05) is 29.4 Å². The molecule has 0 bridgehead atoms. The molecule has 3 aromatic rings. The van der Waals surface area contributed by atoms with E-state index in [1.807, 2.05) is 31.2 Å². The van der Waals surface area contributed by atoms with Crippen molar-refractivity contribution in [3.05, 3.63) is 53.6 Å². The van der Waals surface area contributed by atoms with Crippen LogP contribution < -0.4 is 10.1 Å². The molecule has 2 aromatic carbocycles. The monoisotopic (exact) mass is 403 g/mol. The second-order valence-corrected chi connectivity index (χ2v) is 7.30. The number of ether oxygens (including phenoxy) is 1. The van der Waals surface area contributed by atoms with Crippen molar-refractivity contribution in [3.63, 3.8) is 0 Å². The van der Waals surface area contributed by atoms with Gasteiger partial charge in [-0.3, -0.25) is 4.79 Å². The Morgan fingerprint density at radius 3 is 2.78 bits per heavy atom. The number of tetrazole rings is 1. The number of hydrogen-bond acceptors (Lipinski definition) is 6. The van der Waals surface area contributed by atoms with Crippen LogP contribution in [0.1, 0.15) is 13.8 Å². The van der Waals surface area contributed by atoms with E-state index in [2.05, 4.69) is 20.8 Å². The third-order valence-corrected chi connectivity index (χ3v) is 4.84. The van der Waals surface area contributed by atoms with Gasteiger partial charge in [0, 0.05) is 10.7 Å². The zero-order chi connectivity index (χ0) is 19.2.